The summed E-state index contributed by atoms with van der Waals surface area (Å²) in [7, 11) is 0. The quantitative estimate of drug-likeness (QED) is 0.560. The number of hydrogen-bond donors (Lipinski definition) is 1. The summed E-state index contributed by atoms with van der Waals surface area (Å²) in [6.07, 6.45) is 0. The van der Waals surface area contributed by atoms with Crippen LogP contribution in [0.25, 0.3) is 0 Å². The van der Waals surface area contributed by atoms with Crippen LogP contribution in [0.15, 0.2) is 24.2 Å². The maximum Gasteiger partial charge on any atom is 0.339 e. The fraction of sp³-hybridized carbons (Fsp3) is 0.111. The van der Waals surface area contributed by atoms with E-state index in [0.717, 1.165) is 0 Å². The fourth-order valence-corrected chi connectivity index (χ4v) is 0.621. The minimum absolute atomic E-state index is 0.832. The zero-order valence-corrected chi connectivity index (χ0v) is 6.17. The van der Waals surface area contributed by atoms with Gasteiger partial charge in [-0.05, 0) is 12.1 Å². The van der Waals surface area contributed by atoms with Crippen molar-refractivity contribution in [1.82, 2.24) is 0 Å². The molecule has 0 fully saturated rings. The van der Waals surface area contributed by atoms with Crippen LogP contribution in [-0.2, 0) is 4.79 Å². The van der Waals surface area contributed by atoms with Crippen LogP contribution in [-0.4, -0.2) is 17.0 Å². The fourth-order valence-electron chi connectivity index (χ4n) is 0.621. The predicted octanol–water partition coefficient (Wildman–Crippen LogP) is 1.31. The molecule has 0 atom stereocenters. The number of rotatable bonds is 2. The molecule has 0 spiro atoms. The zero-order chi connectivity index (χ0) is 15.8. The number of carboxylic acid groups (broad SMARTS) is 1. The van der Waals surface area contributed by atoms with Gasteiger partial charge in [0.15, 0.2) is 0 Å². The van der Waals surface area contributed by atoms with E-state index in [-0.39, 0.29) is 0 Å². The maximum absolute atomic E-state index is 11.2. The molecular formula is C9H8O4. The first-order valence-corrected chi connectivity index (χ1v) is 3.04. The van der Waals surface area contributed by atoms with Gasteiger partial charge in [0.25, 0.3) is 0 Å². The molecule has 0 unspecified atom stereocenters. The molecule has 4 nitrogen and oxygen atoms in total. The lowest BCUT2D eigenvalue weighted by molar-refractivity contribution is -0.131. The minimum atomic E-state index is -3.19. The minimum Gasteiger partial charge on any atom is -0.478 e. The molecule has 0 aromatic heterocycles. The van der Waals surface area contributed by atoms with Gasteiger partial charge < -0.3 is 9.84 Å². The van der Waals surface area contributed by atoms with Gasteiger partial charge in [0.1, 0.15) is 11.3 Å². The number of benzene rings is 1. The van der Waals surface area contributed by atoms with Crippen molar-refractivity contribution in [1.29, 1.82) is 0 Å². The van der Waals surface area contributed by atoms with Crippen LogP contribution in [0.1, 0.15) is 26.8 Å². The van der Waals surface area contributed by atoms with E-state index in [9.17, 15) is 9.59 Å². The summed E-state index contributed by atoms with van der Waals surface area (Å²) in [5.74, 6) is -4.58. The Kier molecular flexibility index (Phi) is 0.997. The maximum atomic E-state index is 11.2. The molecule has 1 N–H and O–H groups in total. The van der Waals surface area contributed by atoms with Crippen LogP contribution in [0.5, 0.6) is 5.75 Å². The molecule has 0 radical (unpaired) electrons. The normalized spacial score (nSPS) is 18.0. The van der Waals surface area contributed by atoms with Crippen LogP contribution in [0.2, 0.25) is 0 Å². The van der Waals surface area contributed by atoms with E-state index in [1.807, 2.05) is 0 Å². The van der Waals surface area contributed by atoms with E-state index >= 15 is 0 Å². The van der Waals surface area contributed by atoms with Gasteiger partial charge in [0.05, 0.1) is 5.48 Å². The van der Waals surface area contributed by atoms with Gasteiger partial charge in [-0.1, -0.05) is 12.1 Å². The second-order valence-corrected chi connectivity index (χ2v) is 1.90. The monoisotopic (exact) mass is 187 g/mol. The van der Waals surface area contributed by atoms with Crippen LogP contribution in [0, 0.1) is 0 Å². The molecule has 0 heterocycles. The molecule has 0 aliphatic heterocycles. The second kappa shape index (κ2) is 3.71. The standard InChI is InChI=1S/C9H8O4/c1-6(10)13-8-5-3-2-4-7(8)9(11)12/h2-5H,1H3,(H,11,12)/i1D3,2D,3D,4D,5D. The lowest BCUT2D eigenvalue weighted by Crippen LogP contribution is -2.06. The molecule has 0 saturated heterocycles. The molecule has 68 valence electrons. The molecule has 0 bridgehead atoms. The third kappa shape index (κ3) is 2.30. The molecule has 0 amide bonds. The zero-order valence-electron chi connectivity index (χ0n) is 13.2. The summed E-state index contributed by atoms with van der Waals surface area (Å²) in [5.41, 5.74) is -1.01. The summed E-state index contributed by atoms with van der Waals surface area (Å²) in [4.78, 5) is 22.2. The molecule has 1 rings (SSSR count). The van der Waals surface area contributed by atoms with Gasteiger partial charge in [0.2, 0.25) is 0 Å². The Labute approximate surface area is 84.6 Å². The van der Waals surface area contributed by atoms with E-state index < -0.39 is 54.3 Å². The van der Waals surface area contributed by atoms with Gasteiger partial charge in [0, 0.05) is 11.0 Å². The van der Waals surface area contributed by atoms with Crippen molar-refractivity contribution < 1.29 is 29.0 Å². The molecule has 0 saturated carbocycles. The smallest absolute Gasteiger partial charge is 0.339 e. The largest absolute Gasteiger partial charge is 0.478 e. The van der Waals surface area contributed by atoms with Crippen LogP contribution in [0.3, 0.4) is 0 Å². The first kappa shape index (κ1) is 3.49. The Bertz CT molecular complexity index is 593. The van der Waals surface area contributed by atoms with Crippen LogP contribution < -0.4 is 4.74 Å². The Balaban J connectivity index is 3.53. The van der Waals surface area contributed by atoms with Crippen molar-refractivity contribution in [2.45, 2.75) is 6.85 Å². The average Bonchev–Trinajstić information content (AvgIpc) is 2.31. The van der Waals surface area contributed by atoms with E-state index in [4.69, 9.17) is 14.7 Å². The van der Waals surface area contributed by atoms with Gasteiger partial charge in [-0.3, -0.25) is 4.79 Å². The number of hydrogen-bond acceptors (Lipinski definition) is 3. The number of esters is 1. The highest BCUT2D eigenvalue weighted by Gasteiger charge is 2.10. The molecule has 1 aromatic carbocycles. The van der Waals surface area contributed by atoms with Gasteiger partial charge >= 0.3 is 11.9 Å². The highest BCUT2D eigenvalue weighted by molar-refractivity contribution is 5.91. The van der Waals surface area contributed by atoms with E-state index in [1.165, 1.54) is 0 Å². The second-order valence-electron chi connectivity index (χ2n) is 1.90. The van der Waals surface area contributed by atoms with Crippen molar-refractivity contribution >= 4 is 11.9 Å². The number of aromatic carboxylic acids is 1. The molecule has 13 heavy (non-hydrogen) atoms. The lowest BCUT2D eigenvalue weighted by atomic mass is 10.2. The molecule has 0 aliphatic carbocycles. The van der Waals surface area contributed by atoms with Gasteiger partial charge in [-0.2, -0.15) is 0 Å². The Morgan fingerprint density at radius 3 is 2.85 bits per heavy atom. The molecular weight excluding hydrogens is 172 g/mol. The third-order valence-electron chi connectivity index (χ3n) is 1.06. The van der Waals surface area contributed by atoms with Crippen molar-refractivity contribution in [3.63, 3.8) is 0 Å². The Morgan fingerprint density at radius 2 is 2.23 bits per heavy atom. The number of para-hydroxylation sites is 1. The number of carbonyl (C=O) groups excluding carboxylic acids is 1. The summed E-state index contributed by atoms with van der Waals surface area (Å²) >= 11 is 0. The first-order chi connectivity index (χ1) is 8.98. The number of carbonyl (C=O) groups is 2. The summed E-state index contributed by atoms with van der Waals surface area (Å²) in [6.45, 7) is -3.19. The number of ether oxygens (including phenoxy) is 1. The Morgan fingerprint density at radius 1 is 1.54 bits per heavy atom. The van der Waals surface area contributed by atoms with E-state index in [0.29, 0.717) is 0 Å². The van der Waals surface area contributed by atoms with E-state index in [2.05, 4.69) is 4.74 Å². The molecule has 0 aliphatic rings. The van der Waals surface area contributed by atoms with Crippen LogP contribution >= 0.6 is 0 Å². The first-order valence-electron chi connectivity index (χ1n) is 6.54. The third-order valence-corrected chi connectivity index (χ3v) is 1.06. The van der Waals surface area contributed by atoms with Gasteiger partial charge in [-0.15, -0.1) is 0 Å². The van der Waals surface area contributed by atoms with Crippen molar-refractivity contribution in [3.05, 3.63) is 29.7 Å². The van der Waals surface area contributed by atoms with Crippen molar-refractivity contribution in [2.24, 2.45) is 0 Å². The number of carboxylic acids is 1. The predicted molar refractivity (Wildman–Crippen MR) is 44.7 cm³/mol. The Hall–Kier alpha value is -1.84. The van der Waals surface area contributed by atoms with Crippen molar-refractivity contribution in [3.8, 4) is 5.75 Å². The molecule has 4 heteroatoms. The van der Waals surface area contributed by atoms with E-state index in [1.54, 1.807) is 0 Å². The lowest BCUT2D eigenvalue weighted by Gasteiger charge is -2.03. The van der Waals surface area contributed by atoms with Crippen molar-refractivity contribution in [2.75, 3.05) is 0 Å². The summed E-state index contributed by atoms with van der Waals surface area (Å²) in [6, 6.07) is -3.55. The summed E-state index contributed by atoms with van der Waals surface area (Å²) < 4.78 is 54.2. The topological polar surface area (TPSA) is 63.6 Å². The average molecular weight is 187 g/mol. The van der Waals surface area contributed by atoms with Gasteiger partial charge in [-0.25, -0.2) is 4.79 Å². The van der Waals surface area contributed by atoms with Crippen LogP contribution in [0.4, 0.5) is 0 Å². The highest BCUT2D eigenvalue weighted by atomic mass is 16.5. The summed E-state index contributed by atoms with van der Waals surface area (Å²) in [5, 5.41) is 8.92. The molecule has 1 aromatic rings. The highest BCUT2D eigenvalue weighted by Crippen LogP contribution is 2.17. The SMILES string of the molecule is [2H]c1c([2H])c([2H])c(C(=O)O)c(OC(=O)C([2H])([2H])[2H])c1[2H].